The third kappa shape index (κ3) is 4.61. The Morgan fingerprint density at radius 3 is 2.76 bits per heavy atom. The molecule has 0 saturated carbocycles. The lowest BCUT2D eigenvalue weighted by atomic mass is 10.1. The van der Waals surface area contributed by atoms with Gasteiger partial charge in [0.15, 0.2) is 5.84 Å². The highest BCUT2D eigenvalue weighted by Gasteiger charge is 2.26. The summed E-state index contributed by atoms with van der Waals surface area (Å²) < 4.78 is 11.4. The number of morpholine rings is 1. The van der Waals surface area contributed by atoms with E-state index in [0.29, 0.717) is 12.2 Å². The molecule has 21 heavy (non-hydrogen) atoms. The molecule has 6 nitrogen and oxygen atoms in total. The molecule has 2 rings (SSSR count). The van der Waals surface area contributed by atoms with Crippen LogP contribution in [0.5, 0.6) is 5.75 Å². The first-order chi connectivity index (χ1) is 10.00. The van der Waals surface area contributed by atoms with Gasteiger partial charge in [-0.2, -0.15) is 0 Å². The van der Waals surface area contributed by atoms with Crippen molar-refractivity contribution in [2.75, 3.05) is 32.8 Å². The van der Waals surface area contributed by atoms with Crippen molar-refractivity contribution < 1.29 is 14.7 Å². The third-order valence-corrected chi connectivity index (χ3v) is 3.44. The van der Waals surface area contributed by atoms with E-state index in [9.17, 15) is 0 Å². The molecule has 1 saturated heterocycles. The highest BCUT2D eigenvalue weighted by atomic mass is 16.5. The van der Waals surface area contributed by atoms with E-state index in [1.807, 2.05) is 12.1 Å². The molecule has 116 valence electrons. The lowest BCUT2D eigenvalue weighted by Crippen LogP contribution is -2.49. The summed E-state index contributed by atoms with van der Waals surface area (Å²) in [6.07, 6.45) is 0. The minimum atomic E-state index is -0.0823. The van der Waals surface area contributed by atoms with E-state index in [1.165, 1.54) is 0 Å². The molecule has 1 aromatic carbocycles. The molecule has 0 amide bonds. The number of hydrogen-bond donors (Lipinski definition) is 2. The summed E-state index contributed by atoms with van der Waals surface area (Å²) in [6.45, 7) is 8.32. The van der Waals surface area contributed by atoms with Crippen LogP contribution in [0.3, 0.4) is 0 Å². The molecule has 1 aliphatic heterocycles. The van der Waals surface area contributed by atoms with Crippen molar-refractivity contribution in [1.29, 1.82) is 0 Å². The number of ether oxygens (including phenoxy) is 2. The number of nitrogens with zero attached hydrogens (tertiary/aromatic N) is 2. The van der Waals surface area contributed by atoms with E-state index < -0.39 is 0 Å². The Morgan fingerprint density at radius 2 is 2.14 bits per heavy atom. The fourth-order valence-electron chi connectivity index (χ4n) is 2.38. The van der Waals surface area contributed by atoms with Gasteiger partial charge in [0.2, 0.25) is 0 Å². The van der Waals surface area contributed by atoms with Gasteiger partial charge < -0.3 is 20.4 Å². The molecule has 0 unspecified atom stereocenters. The predicted molar refractivity (Wildman–Crippen MR) is 80.9 cm³/mol. The lowest BCUT2D eigenvalue weighted by molar-refractivity contribution is -0.0875. The van der Waals surface area contributed by atoms with Crippen molar-refractivity contribution in [3.8, 4) is 5.75 Å². The summed E-state index contributed by atoms with van der Waals surface area (Å²) in [6, 6.07) is 7.16. The first-order valence-electron chi connectivity index (χ1n) is 7.07. The maximum Gasteiger partial charge on any atom is 0.170 e. The second-order valence-electron chi connectivity index (χ2n) is 5.74. The van der Waals surface area contributed by atoms with Gasteiger partial charge >= 0.3 is 0 Å². The molecule has 1 aromatic rings. The van der Waals surface area contributed by atoms with E-state index >= 15 is 0 Å². The molecule has 0 bridgehead atoms. The zero-order chi connectivity index (χ0) is 15.3. The van der Waals surface area contributed by atoms with Crippen LogP contribution in [0.25, 0.3) is 0 Å². The molecule has 1 aliphatic rings. The number of oxime groups is 1. The molecule has 1 heterocycles. The highest BCUT2D eigenvalue weighted by molar-refractivity contribution is 5.97. The van der Waals surface area contributed by atoms with Crippen LogP contribution in [0.2, 0.25) is 0 Å². The molecular formula is C15H23N3O3. The van der Waals surface area contributed by atoms with Crippen LogP contribution in [-0.2, 0) is 4.74 Å². The summed E-state index contributed by atoms with van der Waals surface area (Å²) >= 11 is 0. The second-order valence-corrected chi connectivity index (χ2v) is 5.74. The molecule has 1 fully saturated rings. The topological polar surface area (TPSA) is 80.3 Å². The molecular weight excluding hydrogens is 270 g/mol. The van der Waals surface area contributed by atoms with Crippen LogP contribution in [-0.4, -0.2) is 54.4 Å². The zero-order valence-electron chi connectivity index (χ0n) is 12.6. The standard InChI is InChI=1S/C15H23N3O3/c1-15(2)11-18(8-10-21-15)7-9-20-13-5-3-12(4-6-13)14(16)17-19/h3-6,19H,7-11H2,1-2H3,(H2,16,17). The Balaban J connectivity index is 1.78. The Labute approximate surface area is 125 Å². The second kappa shape index (κ2) is 6.78. The molecule has 0 aliphatic carbocycles. The Bertz CT molecular complexity index is 485. The van der Waals surface area contributed by atoms with E-state index in [4.69, 9.17) is 20.4 Å². The summed E-state index contributed by atoms with van der Waals surface area (Å²) in [5, 5.41) is 11.6. The Kier molecular flexibility index (Phi) is 5.03. The highest BCUT2D eigenvalue weighted by Crippen LogP contribution is 2.16. The number of benzene rings is 1. The minimum Gasteiger partial charge on any atom is -0.492 e. The van der Waals surface area contributed by atoms with Crippen LogP contribution >= 0.6 is 0 Å². The van der Waals surface area contributed by atoms with Gasteiger partial charge in [0, 0.05) is 25.2 Å². The van der Waals surface area contributed by atoms with Gasteiger partial charge in [-0.1, -0.05) is 5.16 Å². The smallest absolute Gasteiger partial charge is 0.170 e. The molecule has 0 atom stereocenters. The van der Waals surface area contributed by atoms with Crippen molar-refractivity contribution in [1.82, 2.24) is 4.90 Å². The fourth-order valence-corrected chi connectivity index (χ4v) is 2.38. The van der Waals surface area contributed by atoms with Crippen LogP contribution in [0.1, 0.15) is 19.4 Å². The zero-order valence-corrected chi connectivity index (χ0v) is 12.6. The van der Waals surface area contributed by atoms with Gasteiger partial charge in [0.05, 0.1) is 12.2 Å². The van der Waals surface area contributed by atoms with E-state index in [1.54, 1.807) is 12.1 Å². The van der Waals surface area contributed by atoms with Gasteiger partial charge in [0.1, 0.15) is 12.4 Å². The summed E-state index contributed by atoms with van der Waals surface area (Å²) in [5.41, 5.74) is 6.09. The van der Waals surface area contributed by atoms with Crippen molar-refractivity contribution in [2.24, 2.45) is 10.9 Å². The van der Waals surface area contributed by atoms with Crippen LogP contribution in [0, 0.1) is 0 Å². The van der Waals surface area contributed by atoms with Gasteiger partial charge in [0.25, 0.3) is 0 Å². The van der Waals surface area contributed by atoms with Gasteiger partial charge in [-0.25, -0.2) is 0 Å². The lowest BCUT2D eigenvalue weighted by Gasteiger charge is -2.38. The molecule has 6 heteroatoms. The number of nitrogens with two attached hydrogens (primary N) is 1. The third-order valence-electron chi connectivity index (χ3n) is 3.44. The molecule has 0 radical (unpaired) electrons. The number of rotatable bonds is 5. The monoisotopic (exact) mass is 293 g/mol. The van der Waals surface area contributed by atoms with Crippen LogP contribution < -0.4 is 10.5 Å². The average Bonchev–Trinajstić information content (AvgIpc) is 2.46. The van der Waals surface area contributed by atoms with E-state index in [-0.39, 0.29) is 11.4 Å². The summed E-state index contributed by atoms with van der Waals surface area (Å²) in [4.78, 5) is 2.34. The quantitative estimate of drug-likeness (QED) is 0.370. The number of amidine groups is 1. The number of hydrogen-bond acceptors (Lipinski definition) is 5. The predicted octanol–water partition coefficient (Wildman–Crippen LogP) is 1.27. The van der Waals surface area contributed by atoms with Crippen LogP contribution in [0.4, 0.5) is 0 Å². The van der Waals surface area contributed by atoms with Crippen molar-refractivity contribution >= 4 is 5.84 Å². The Hall–Kier alpha value is -1.79. The fraction of sp³-hybridized carbons (Fsp3) is 0.533. The van der Waals surface area contributed by atoms with Gasteiger partial charge in [-0.15, -0.1) is 0 Å². The maximum absolute atomic E-state index is 8.60. The largest absolute Gasteiger partial charge is 0.492 e. The van der Waals surface area contributed by atoms with Gasteiger partial charge in [-0.05, 0) is 38.1 Å². The Morgan fingerprint density at radius 1 is 1.43 bits per heavy atom. The normalized spacial score (nSPS) is 19.4. The first kappa shape index (κ1) is 15.6. The SMILES string of the molecule is CC1(C)CN(CCOc2ccc(C(N)=NO)cc2)CCO1. The van der Waals surface area contributed by atoms with E-state index in [0.717, 1.165) is 32.0 Å². The van der Waals surface area contributed by atoms with Crippen molar-refractivity contribution in [3.63, 3.8) is 0 Å². The average molecular weight is 293 g/mol. The molecule has 0 spiro atoms. The molecule has 0 aromatic heterocycles. The maximum atomic E-state index is 8.60. The van der Waals surface area contributed by atoms with Gasteiger partial charge in [-0.3, -0.25) is 4.90 Å². The van der Waals surface area contributed by atoms with E-state index in [2.05, 4.69) is 23.9 Å². The summed E-state index contributed by atoms with van der Waals surface area (Å²) in [7, 11) is 0. The van der Waals surface area contributed by atoms with Crippen molar-refractivity contribution in [2.45, 2.75) is 19.4 Å². The molecule has 3 N–H and O–H groups in total. The first-order valence-corrected chi connectivity index (χ1v) is 7.07. The summed E-state index contributed by atoms with van der Waals surface area (Å²) in [5.74, 6) is 0.870. The van der Waals surface area contributed by atoms with Crippen LogP contribution in [0.15, 0.2) is 29.4 Å². The van der Waals surface area contributed by atoms with Crippen molar-refractivity contribution in [3.05, 3.63) is 29.8 Å². The minimum absolute atomic E-state index is 0.0823.